The second kappa shape index (κ2) is 5.96. The number of fused-ring (bicyclic) bond motifs is 1. The Kier molecular flexibility index (Phi) is 4.38. The zero-order chi connectivity index (χ0) is 15.0. The normalized spacial score (nSPS) is 27.6. The van der Waals surface area contributed by atoms with E-state index < -0.39 is 10.0 Å². The maximum atomic E-state index is 12.7. The fraction of sp³-hybridized carbons (Fsp3) is 0.714. The Morgan fingerprint density at radius 2 is 2.05 bits per heavy atom. The highest BCUT2D eigenvalue weighted by atomic mass is 32.2. The van der Waals surface area contributed by atoms with E-state index in [1.165, 1.54) is 11.3 Å². The monoisotopic (exact) mass is 329 g/mol. The van der Waals surface area contributed by atoms with Crippen LogP contribution in [-0.2, 0) is 10.0 Å². The molecule has 0 aromatic carbocycles. The van der Waals surface area contributed by atoms with Gasteiger partial charge in [0.2, 0.25) is 0 Å². The number of likely N-dealkylation sites (tertiary alicyclic amines) is 1. The molecule has 2 aliphatic heterocycles. The summed E-state index contributed by atoms with van der Waals surface area (Å²) >= 11 is 1.32. The van der Waals surface area contributed by atoms with Crippen molar-refractivity contribution in [2.45, 2.75) is 29.1 Å². The molecule has 2 fully saturated rings. The van der Waals surface area contributed by atoms with E-state index in [1.807, 2.05) is 11.4 Å². The number of hydrogen-bond donors (Lipinski definition) is 0. The SMILES string of the molecule is CN(C)CCN1CC[C@@H]2[C@@H]1CCN2S(=O)(=O)c1cccs1. The Balaban J connectivity index is 1.72. The molecule has 2 aliphatic rings. The summed E-state index contributed by atoms with van der Waals surface area (Å²) in [6.45, 7) is 3.73. The lowest BCUT2D eigenvalue weighted by Crippen LogP contribution is -2.41. The van der Waals surface area contributed by atoms with Gasteiger partial charge >= 0.3 is 0 Å². The van der Waals surface area contributed by atoms with Crippen LogP contribution < -0.4 is 0 Å². The van der Waals surface area contributed by atoms with Gasteiger partial charge in [0.05, 0.1) is 0 Å². The first-order chi connectivity index (χ1) is 10.00. The minimum Gasteiger partial charge on any atom is -0.308 e. The quantitative estimate of drug-likeness (QED) is 0.813. The molecule has 1 aromatic rings. The van der Waals surface area contributed by atoms with Crippen LogP contribution in [0.1, 0.15) is 12.8 Å². The van der Waals surface area contributed by atoms with Gasteiger partial charge in [-0.25, -0.2) is 8.42 Å². The maximum absolute atomic E-state index is 12.7. The van der Waals surface area contributed by atoms with E-state index in [-0.39, 0.29) is 6.04 Å². The molecule has 0 bridgehead atoms. The first kappa shape index (κ1) is 15.4. The van der Waals surface area contributed by atoms with Crippen LogP contribution in [0.15, 0.2) is 21.7 Å². The van der Waals surface area contributed by atoms with E-state index in [1.54, 1.807) is 10.4 Å². The number of thiophene rings is 1. The highest BCUT2D eigenvalue weighted by Gasteiger charge is 2.47. The first-order valence-electron chi connectivity index (χ1n) is 7.44. The van der Waals surface area contributed by atoms with Gasteiger partial charge in [0.15, 0.2) is 0 Å². The third-order valence-electron chi connectivity index (χ3n) is 4.53. The van der Waals surface area contributed by atoms with Crippen molar-refractivity contribution in [2.75, 3.05) is 40.3 Å². The van der Waals surface area contributed by atoms with Crippen molar-refractivity contribution in [1.82, 2.24) is 14.1 Å². The summed E-state index contributed by atoms with van der Waals surface area (Å²) in [5.41, 5.74) is 0. The third kappa shape index (κ3) is 2.90. The molecule has 1 aromatic heterocycles. The molecular weight excluding hydrogens is 306 g/mol. The second-order valence-electron chi connectivity index (χ2n) is 6.10. The molecule has 0 aliphatic carbocycles. The van der Waals surface area contributed by atoms with Crippen molar-refractivity contribution in [1.29, 1.82) is 0 Å². The Morgan fingerprint density at radius 3 is 2.71 bits per heavy atom. The molecule has 3 rings (SSSR count). The van der Waals surface area contributed by atoms with Gasteiger partial charge in [-0.1, -0.05) is 6.07 Å². The van der Waals surface area contributed by atoms with Gasteiger partial charge in [-0.15, -0.1) is 11.3 Å². The zero-order valence-corrected chi connectivity index (χ0v) is 14.2. The number of nitrogens with zero attached hydrogens (tertiary/aromatic N) is 3. The summed E-state index contributed by atoms with van der Waals surface area (Å²) in [5.74, 6) is 0. The molecule has 0 unspecified atom stereocenters. The van der Waals surface area contributed by atoms with Crippen LogP contribution in [-0.4, -0.2) is 74.9 Å². The van der Waals surface area contributed by atoms with Crippen LogP contribution in [0.3, 0.4) is 0 Å². The van der Waals surface area contributed by atoms with E-state index in [2.05, 4.69) is 23.9 Å². The predicted octanol–water partition coefficient (Wildman–Crippen LogP) is 1.15. The average molecular weight is 329 g/mol. The minimum absolute atomic E-state index is 0.166. The fourth-order valence-corrected chi connectivity index (χ4v) is 6.28. The molecule has 0 radical (unpaired) electrons. The van der Waals surface area contributed by atoms with Crippen LogP contribution in [0.2, 0.25) is 0 Å². The van der Waals surface area contributed by atoms with Gasteiger partial charge < -0.3 is 4.90 Å². The molecule has 3 heterocycles. The van der Waals surface area contributed by atoms with E-state index in [0.29, 0.717) is 16.8 Å². The van der Waals surface area contributed by atoms with Crippen molar-refractivity contribution in [3.05, 3.63) is 17.5 Å². The molecular formula is C14H23N3O2S2. The Labute approximate surface area is 131 Å². The molecule has 2 saturated heterocycles. The summed E-state index contributed by atoms with van der Waals surface area (Å²) in [6, 6.07) is 4.09. The van der Waals surface area contributed by atoms with E-state index in [9.17, 15) is 8.42 Å². The summed E-state index contributed by atoms with van der Waals surface area (Å²) in [4.78, 5) is 4.65. The molecule has 0 saturated carbocycles. The standard InChI is InChI=1S/C14H23N3O2S2/c1-15(2)9-10-16-7-5-13-12(16)6-8-17(13)21(18,19)14-4-3-11-20-14/h3-4,11-13H,5-10H2,1-2H3/t12-,13+/m0/s1. The van der Waals surface area contributed by atoms with E-state index >= 15 is 0 Å². The maximum Gasteiger partial charge on any atom is 0.252 e. The lowest BCUT2D eigenvalue weighted by molar-refractivity contribution is 0.222. The summed E-state index contributed by atoms with van der Waals surface area (Å²) in [6.07, 6.45) is 1.92. The van der Waals surface area contributed by atoms with Crippen LogP contribution in [0.5, 0.6) is 0 Å². The molecule has 0 spiro atoms. The first-order valence-corrected chi connectivity index (χ1v) is 9.76. The smallest absolute Gasteiger partial charge is 0.252 e. The highest BCUT2D eigenvalue weighted by molar-refractivity contribution is 7.91. The summed E-state index contributed by atoms with van der Waals surface area (Å²) in [7, 11) is 0.869. The predicted molar refractivity (Wildman–Crippen MR) is 85.1 cm³/mol. The third-order valence-corrected chi connectivity index (χ3v) is 7.83. The van der Waals surface area contributed by atoms with Crippen molar-refractivity contribution in [3.8, 4) is 0 Å². The van der Waals surface area contributed by atoms with Crippen LogP contribution in [0.25, 0.3) is 0 Å². The topological polar surface area (TPSA) is 43.9 Å². The van der Waals surface area contributed by atoms with Crippen LogP contribution in [0, 0.1) is 0 Å². The molecule has 5 nitrogen and oxygen atoms in total. The zero-order valence-electron chi connectivity index (χ0n) is 12.6. The van der Waals surface area contributed by atoms with Crippen molar-refractivity contribution >= 4 is 21.4 Å². The fourth-order valence-electron chi connectivity index (χ4n) is 3.47. The average Bonchev–Trinajstić information content (AvgIpc) is 3.13. The largest absolute Gasteiger partial charge is 0.308 e. The van der Waals surface area contributed by atoms with Crippen molar-refractivity contribution in [3.63, 3.8) is 0 Å². The van der Waals surface area contributed by atoms with Crippen molar-refractivity contribution in [2.24, 2.45) is 0 Å². The number of likely N-dealkylation sites (N-methyl/N-ethyl adjacent to an activating group) is 1. The Bertz CT molecular complexity index is 571. The minimum atomic E-state index is -3.29. The van der Waals surface area contributed by atoms with Gasteiger partial charge in [0.1, 0.15) is 4.21 Å². The van der Waals surface area contributed by atoms with Gasteiger partial charge in [0.25, 0.3) is 10.0 Å². The molecule has 2 atom stereocenters. The Hall–Kier alpha value is -0.470. The number of rotatable bonds is 5. The van der Waals surface area contributed by atoms with Gasteiger partial charge in [-0.2, -0.15) is 4.31 Å². The van der Waals surface area contributed by atoms with Gasteiger partial charge in [-0.3, -0.25) is 4.90 Å². The van der Waals surface area contributed by atoms with Crippen LogP contribution >= 0.6 is 11.3 Å². The lowest BCUT2D eigenvalue weighted by Gasteiger charge is -2.26. The molecule has 7 heteroatoms. The highest BCUT2D eigenvalue weighted by Crippen LogP contribution is 2.36. The number of hydrogen-bond acceptors (Lipinski definition) is 5. The molecule has 118 valence electrons. The second-order valence-corrected chi connectivity index (χ2v) is 9.16. The van der Waals surface area contributed by atoms with E-state index in [0.717, 1.165) is 32.5 Å². The van der Waals surface area contributed by atoms with Crippen molar-refractivity contribution < 1.29 is 8.42 Å². The van der Waals surface area contributed by atoms with Gasteiger partial charge in [0, 0.05) is 38.3 Å². The molecule has 0 amide bonds. The van der Waals surface area contributed by atoms with E-state index in [4.69, 9.17) is 0 Å². The summed E-state index contributed by atoms with van der Waals surface area (Å²) in [5, 5.41) is 1.83. The summed E-state index contributed by atoms with van der Waals surface area (Å²) < 4.78 is 27.7. The van der Waals surface area contributed by atoms with Gasteiger partial charge in [-0.05, 0) is 38.4 Å². The van der Waals surface area contributed by atoms with Crippen LogP contribution in [0.4, 0.5) is 0 Å². The number of sulfonamides is 1. The lowest BCUT2D eigenvalue weighted by atomic mass is 10.1. The molecule has 21 heavy (non-hydrogen) atoms. The Morgan fingerprint density at radius 1 is 1.29 bits per heavy atom. The molecule has 0 N–H and O–H groups in total.